The fourth-order valence-electron chi connectivity index (χ4n) is 0.858. The molecule has 0 bridgehead atoms. The highest BCUT2D eigenvalue weighted by molar-refractivity contribution is 4.79. The summed E-state index contributed by atoms with van der Waals surface area (Å²) in [7, 11) is 1.82. The van der Waals surface area contributed by atoms with Gasteiger partial charge in [-0.25, -0.2) is 4.98 Å². The van der Waals surface area contributed by atoms with Crippen LogP contribution in [0.5, 0.6) is 0 Å². The predicted molar refractivity (Wildman–Crippen MR) is 44.4 cm³/mol. The fraction of sp³-hybridized carbons (Fsp3) is 0.714. The topological polar surface area (TPSA) is 63.0 Å². The normalized spacial score (nSPS) is 13.2. The van der Waals surface area contributed by atoms with E-state index in [2.05, 4.69) is 15.4 Å². The number of aliphatic hydroxyl groups is 1. The Hall–Kier alpha value is -0.940. The Balaban J connectivity index is 2.24. The van der Waals surface area contributed by atoms with Crippen LogP contribution in [0.2, 0.25) is 0 Å². The number of aliphatic hydroxyl groups excluding tert-OH is 1. The molecule has 1 aromatic rings. The third-order valence-electron chi connectivity index (χ3n) is 1.37. The van der Waals surface area contributed by atoms with E-state index in [-0.39, 0.29) is 6.10 Å². The van der Waals surface area contributed by atoms with Crippen molar-refractivity contribution in [3.63, 3.8) is 0 Å². The van der Waals surface area contributed by atoms with Crippen LogP contribution in [-0.4, -0.2) is 32.5 Å². The zero-order valence-corrected chi connectivity index (χ0v) is 7.36. The van der Waals surface area contributed by atoms with Crippen LogP contribution in [0.4, 0.5) is 0 Å². The molecule has 0 aliphatic heterocycles. The number of aromatic nitrogens is 3. The van der Waals surface area contributed by atoms with Gasteiger partial charge in [-0.15, -0.1) is 0 Å². The van der Waals surface area contributed by atoms with Gasteiger partial charge in [0.25, 0.3) is 0 Å². The molecule has 2 N–H and O–H groups in total. The first-order chi connectivity index (χ1) is 5.68. The van der Waals surface area contributed by atoms with Crippen LogP contribution in [-0.2, 0) is 13.6 Å². The Morgan fingerprint density at radius 3 is 3.00 bits per heavy atom. The van der Waals surface area contributed by atoms with Gasteiger partial charge in [0.15, 0.2) is 5.82 Å². The summed E-state index contributed by atoms with van der Waals surface area (Å²) in [5.74, 6) is 0.748. The van der Waals surface area contributed by atoms with Gasteiger partial charge in [-0.05, 0) is 6.92 Å². The second kappa shape index (κ2) is 4.18. The lowest BCUT2D eigenvalue weighted by atomic mass is 10.4. The van der Waals surface area contributed by atoms with Gasteiger partial charge < -0.3 is 10.4 Å². The first-order valence-corrected chi connectivity index (χ1v) is 3.92. The van der Waals surface area contributed by atoms with Crippen LogP contribution in [0.15, 0.2) is 6.33 Å². The largest absolute Gasteiger partial charge is 0.392 e. The van der Waals surface area contributed by atoms with Crippen LogP contribution in [0, 0.1) is 0 Å². The molecular formula is C7H14N4O. The highest BCUT2D eigenvalue weighted by Gasteiger charge is 1.98. The van der Waals surface area contributed by atoms with Crippen molar-refractivity contribution in [2.75, 3.05) is 6.54 Å². The fourth-order valence-corrected chi connectivity index (χ4v) is 0.858. The van der Waals surface area contributed by atoms with Crippen LogP contribution in [0.1, 0.15) is 12.7 Å². The summed E-state index contributed by atoms with van der Waals surface area (Å²) < 4.78 is 1.65. The van der Waals surface area contributed by atoms with Gasteiger partial charge in [0.05, 0.1) is 12.6 Å². The highest BCUT2D eigenvalue weighted by Crippen LogP contribution is 1.86. The maximum Gasteiger partial charge on any atom is 0.164 e. The van der Waals surface area contributed by atoms with Crippen molar-refractivity contribution in [2.45, 2.75) is 19.6 Å². The summed E-state index contributed by atoms with van der Waals surface area (Å²) in [5.41, 5.74) is 0. The monoisotopic (exact) mass is 170 g/mol. The average molecular weight is 170 g/mol. The van der Waals surface area contributed by atoms with Crippen LogP contribution < -0.4 is 5.32 Å². The molecule has 12 heavy (non-hydrogen) atoms. The molecule has 1 atom stereocenters. The van der Waals surface area contributed by atoms with Gasteiger partial charge in [-0.3, -0.25) is 4.68 Å². The molecule has 0 aromatic carbocycles. The van der Waals surface area contributed by atoms with E-state index in [0.29, 0.717) is 13.1 Å². The van der Waals surface area contributed by atoms with Gasteiger partial charge in [0, 0.05) is 13.6 Å². The molecule has 0 spiro atoms. The molecule has 1 rings (SSSR count). The van der Waals surface area contributed by atoms with E-state index in [0.717, 1.165) is 5.82 Å². The molecule has 1 unspecified atom stereocenters. The number of nitrogens with one attached hydrogen (secondary N) is 1. The highest BCUT2D eigenvalue weighted by atomic mass is 16.3. The second-order valence-corrected chi connectivity index (χ2v) is 2.81. The zero-order chi connectivity index (χ0) is 8.97. The summed E-state index contributed by atoms with van der Waals surface area (Å²) in [6.45, 7) is 2.91. The van der Waals surface area contributed by atoms with Crippen molar-refractivity contribution >= 4 is 0 Å². The molecule has 0 amide bonds. The Labute approximate surface area is 71.4 Å². The Bertz CT molecular complexity index is 233. The smallest absolute Gasteiger partial charge is 0.164 e. The minimum atomic E-state index is -0.325. The van der Waals surface area contributed by atoms with E-state index in [1.54, 1.807) is 17.9 Å². The minimum Gasteiger partial charge on any atom is -0.392 e. The quantitative estimate of drug-likeness (QED) is 0.626. The van der Waals surface area contributed by atoms with Gasteiger partial charge in [-0.2, -0.15) is 5.10 Å². The number of aryl methyl sites for hydroxylation is 1. The number of hydrogen-bond acceptors (Lipinski definition) is 4. The van der Waals surface area contributed by atoms with Crippen LogP contribution in [0.3, 0.4) is 0 Å². The van der Waals surface area contributed by atoms with E-state index in [1.165, 1.54) is 0 Å². The average Bonchev–Trinajstić information content (AvgIpc) is 2.35. The molecule has 0 saturated heterocycles. The van der Waals surface area contributed by atoms with Gasteiger partial charge in [-0.1, -0.05) is 0 Å². The van der Waals surface area contributed by atoms with Crippen molar-refractivity contribution in [1.29, 1.82) is 0 Å². The molecule has 5 nitrogen and oxygen atoms in total. The molecule has 0 saturated carbocycles. The van der Waals surface area contributed by atoms with E-state index in [1.807, 2.05) is 7.05 Å². The molecule has 0 aliphatic carbocycles. The molecule has 5 heteroatoms. The third kappa shape index (κ3) is 2.98. The number of rotatable bonds is 4. The van der Waals surface area contributed by atoms with Crippen LogP contribution >= 0.6 is 0 Å². The first-order valence-electron chi connectivity index (χ1n) is 3.92. The van der Waals surface area contributed by atoms with Crippen molar-refractivity contribution in [3.8, 4) is 0 Å². The lowest BCUT2D eigenvalue weighted by molar-refractivity contribution is 0.190. The zero-order valence-electron chi connectivity index (χ0n) is 7.36. The summed E-state index contributed by atoms with van der Waals surface area (Å²) in [6, 6.07) is 0. The molecule has 1 heterocycles. The van der Waals surface area contributed by atoms with Crippen LogP contribution in [0.25, 0.3) is 0 Å². The maximum absolute atomic E-state index is 8.93. The molecule has 68 valence electrons. The summed E-state index contributed by atoms with van der Waals surface area (Å²) in [5, 5.41) is 16.0. The molecule has 1 aromatic heterocycles. The summed E-state index contributed by atoms with van der Waals surface area (Å²) >= 11 is 0. The van der Waals surface area contributed by atoms with Crippen molar-refractivity contribution in [3.05, 3.63) is 12.2 Å². The Morgan fingerprint density at radius 1 is 1.75 bits per heavy atom. The predicted octanol–water partition coefficient (Wildman–Crippen LogP) is -0.715. The van der Waals surface area contributed by atoms with E-state index < -0.39 is 0 Å². The number of nitrogens with zero attached hydrogens (tertiary/aromatic N) is 3. The second-order valence-electron chi connectivity index (χ2n) is 2.81. The van der Waals surface area contributed by atoms with E-state index >= 15 is 0 Å². The maximum atomic E-state index is 8.93. The Morgan fingerprint density at radius 2 is 2.50 bits per heavy atom. The Kier molecular flexibility index (Phi) is 3.19. The van der Waals surface area contributed by atoms with E-state index in [9.17, 15) is 0 Å². The van der Waals surface area contributed by atoms with Gasteiger partial charge in [0.1, 0.15) is 6.33 Å². The van der Waals surface area contributed by atoms with E-state index in [4.69, 9.17) is 5.11 Å². The SMILES string of the molecule is CC(O)CNCc1ncn(C)n1. The van der Waals surface area contributed by atoms with Gasteiger partial charge in [0.2, 0.25) is 0 Å². The molecule has 0 fully saturated rings. The standard InChI is InChI=1S/C7H14N4O/c1-6(12)3-8-4-7-9-5-11(2)10-7/h5-6,8,12H,3-4H2,1-2H3. The lowest BCUT2D eigenvalue weighted by Crippen LogP contribution is -2.24. The third-order valence-corrected chi connectivity index (χ3v) is 1.37. The van der Waals surface area contributed by atoms with Gasteiger partial charge >= 0.3 is 0 Å². The van der Waals surface area contributed by atoms with Crippen molar-refractivity contribution in [1.82, 2.24) is 20.1 Å². The summed E-state index contributed by atoms with van der Waals surface area (Å²) in [4.78, 5) is 4.02. The summed E-state index contributed by atoms with van der Waals surface area (Å²) in [6.07, 6.45) is 1.33. The lowest BCUT2D eigenvalue weighted by Gasteiger charge is -2.03. The van der Waals surface area contributed by atoms with Crippen molar-refractivity contribution in [2.24, 2.45) is 7.05 Å². The minimum absolute atomic E-state index is 0.325. The first kappa shape index (κ1) is 9.15. The molecule has 0 aliphatic rings. The van der Waals surface area contributed by atoms with Crippen molar-refractivity contribution < 1.29 is 5.11 Å². The molecule has 0 radical (unpaired) electrons. The number of hydrogen-bond donors (Lipinski definition) is 2. The molecular weight excluding hydrogens is 156 g/mol.